The predicted octanol–water partition coefficient (Wildman–Crippen LogP) is 1.34. The van der Waals surface area contributed by atoms with Gasteiger partial charge in [0.25, 0.3) is 22.3 Å². The average Bonchev–Trinajstić information content (AvgIpc) is 2.89. The van der Waals surface area contributed by atoms with Crippen LogP contribution >= 0.6 is 0 Å². The molecule has 1 aliphatic heterocycles. The largest absolute Gasteiger partial charge is 0.394 e. The number of hydrogen-bond acceptors (Lipinski definition) is 7. The quantitative estimate of drug-likeness (QED) is 0.352. The van der Waals surface area contributed by atoms with Crippen molar-refractivity contribution in [3.8, 4) is 0 Å². The number of aromatic nitrogens is 2. The molecule has 0 aliphatic carbocycles. The lowest BCUT2D eigenvalue weighted by Crippen LogP contribution is -2.44. The van der Waals surface area contributed by atoms with Crippen molar-refractivity contribution in [2.24, 2.45) is 0 Å². The Morgan fingerprint density at radius 3 is 2.56 bits per heavy atom. The van der Waals surface area contributed by atoms with E-state index in [9.17, 15) is 19.2 Å². The van der Waals surface area contributed by atoms with Crippen molar-refractivity contribution in [3.05, 3.63) is 119 Å². The van der Waals surface area contributed by atoms with Crippen LogP contribution in [0.25, 0.3) is 0 Å². The lowest BCUT2D eigenvalue weighted by molar-refractivity contribution is 0.0939. The number of rotatable bonds is 6. The Morgan fingerprint density at radius 2 is 1.83 bits per heavy atom. The number of fused-ring (bicyclic) bond motifs is 1. The summed E-state index contributed by atoms with van der Waals surface area (Å²) in [6.45, 7) is 3.03. The second kappa shape index (κ2) is 9.26. The van der Waals surface area contributed by atoms with Crippen molar-refractivity contribution in [1.29, 1.82) is 0 Å². The number of carbonyl (C=O) groups excluding carboxylic acids is 1. The van der Waals surface area contributed by atoms with Gasteiger partial charge in [-0.3, -0.25) is 19.2 Å². The SMILES string of the molecule is Cc1nc(C(=O)NCc2ccc3c(c2)CN(c2c(N)c(=O)c2=O)CC3)[nH]c(=O)c1Cc1ccccc1. The predicted molar refractivity (Wildman–Crippen MR) is 137 cm³/mol. The topological polar surface area (TPSA) is 138 Å². The molecule has 0 spiro atoms. The fraction of sp³-hybridized carbons (Fsp3) is 0.222. The second-order valence-corrected chi connectivity index (χ2v) is 9.02. The Morgan fingerprint density at radius 1 is 1.06 bits per heavy atom. The van der Waals surface area contributed by atoms with Crippen molar-refractivity contribution in [3.63, 3.8) is 0 Å². The highest BCUT2D eigenvalue weighted by atomic mass is 16.2. The molecule has 3 aromatic carbocycles. The maximum atomic E-state index is 12.7. The molecule has 9 nitrogen and oxygen atoms in total. The minimum absolute atomic E-state index is 0.0263. The molecule has 1 aromatic heterocycles. The molecule has 4 N–H and O–H groups in total. The lowest BCUT2D eigenvalue weighted by Gasteiger charge is -2.32. The van der Waals surface area contributed by atoms with E-state index in [0.29, 0.717) is 36.5 Å². The van der Waals surface area contributed by atoms with E-state index in [1.165, 1.54) is 0 Å². The van der Waals surface area contributed by atoms with E-state index in [2.05, 4.69) is 15.3 Å². The number of anilines is 2. The van der Waals surface area contributed by atoms with E-state index in [1.807, 2.05) is 53.4 Å². The first kappa shape index (κ1) is 23.2. The first-order chi connectivity index (χ1) is 17.3. The molecule has 9 heteroatoms. The highest BCUT2D eigenvalue weighted by Gasteiger charge is 2.27. The summed E-state index contributed by atoms with van der Waals surface area (Å²) < 4.78 is 0. The molecule has 0 unspecified atom stereocenters. The zero-order valence-corrected chi connectivity index (χ0v) is 19.8. The zero-order valence-electron chi connectivity index (χ0n) is 19.8. The van der Waals surface area contributed by atoms with Crippen LogP contribution in [0, 0.1) is 6.92 Å². The van der Waals surface area contributed by atoms with Crippen LogP contribution in [0.5, 0.6) is 0 Å². The minimum Gasteiger partial charge on any atom is -0.394 e. The molecule has 0 saturated carbocycles. The molecule has 4 aromatic rings. The van der Waals surface area contributed by atoms with Crippen LogP contribution in [-0.4, -0.2) is 22.4 Å². The highest BCUT2D eigenvalue weighted by molar-refractivity contribution is 5.90. The average molecular weight is 484 g/mol. The molecule has 2 heterocycles. The maximum absolute atomic E-state index is 12.7. The summed E-state index contributed by atoms with van der Waals surface area (Å²) in [6, 6.07) is 15.5. The molecule has 1 aliphatic rings. The Hall–Kier alpha value is -4.53. The van der Waals surface area contributed by atoms with Gasteiger partial charge in [0.1, 0.15) is 11.4 Å². The third-order valence-corrected chi connectivity index (χ3v) is 6.63. The van der Waals surface area contributed by atoms with E-state index in [1.54, 1.807) is 6.92 Å². The summed E-state index contributed by atoms with van der Waals surface area (Å²) in [7, 11) is 0. The Balaban J connectivity index is 1.27. The first-order valence-electron chi connectivity index (χ1n) is 11.7. The van der Waals surface area contributed by atoms with Crippen LogP contribution in [0.3, 0.4) is 0 Å². The van der Waals surface area contributed by atoms with Crippen LogP contribution in [0.2, 0.25) is 0 Å². The van der Waals surface area contributed by atoms with Gasteiger partial charge in [0.2, 0.25) is 0 Å². The van der Waals surface area contributed by atoms with Crippen LogP contribution in [0.1, 0.15) is 44.1 Å². The summed E-state index contributed by atoms with van der Waals surface area (Å²) in [4.78, 5) is 57.6. The molecular formula is C27H25N5O4. The van der Waals surface area contributed by atoms with Gasteiger partial charge in [-0.2, -0.15) is 0 Å². The third kappa shape index (κ3) is 4.31. The number of aromatic amines is 1. The van der Waals surface area contributed by atoms with Crippen molar-refractivity contribution in [1.82, 2.24) is 15.3 Å². The molecule has 5 rings (SSSR count). The van der Waals surface area contributed by atoms with Gasteiger partial charge in [-0.1, -0.05) is 48.5 Å². The number of amides is 1. The second-order valence-electron chi connectivity index (χ2n) is 9.02. The summed E-state index contributed by atoms with van der Waals surface area (Å²) in [5.74, 6) is -0.508. The fourth-order valence-electron chi connectivity index (χ4n) is 4.61. The summed E-state index contributed by atoms with van der Waals surface area (Å²) in [5.41, 5.74) is 9.61. The number of nitrogens with two attached hydrogens (primary N) is 1. The highest BCUT2D eigenvalue weighted by Crippen LogP contribution is 2.26. The molecule has 0 radical (unpaired) electrons. The van der Waals surface area contributed by atoms with Crippen LogP contribution in [0.4, 0.5) is 11.4 Å². The number of aryl methyl sites for hydroxylation is 1. The number of hydrogen-bond donors (Lipinski definition) is 3. The normalized spacial score (nSPS) is 13.0. The van der Waals surface area contributed by atoms with E-state index in [-0.39, 0.29) is 23.6 Å². The smallest absolute Gasteiger partial charge is 0.287 e. The molecule has 182 valence electrons. The molecule has 36 heavy (non-hydrogen) atoms. The monoisotopic (exact) mass is 483 g/mol. The van der Waals surface area contributed by atoms with Gasteiger partial charge in [0.15, 0.2) is 5.82 Å². The number of carbonyl (C=O) groups is 1. The van der Waals surface area contributed by atoms with Gasteiger partial charge in [-0.15, -0.1) is 0 Å². The summed E-state index contributed by atoms with van der Waals surface area (Å²) >= 11 is 0. The summed E-state index contributed by atoms with van der Waals surface area (Å²) in [6.07, 6.45) is 1.16. The Kier molecular flexibility index (Phi) is 5.97. The molecule has 1 amide bonds. The number of nitrogen functional groups attached to an aromatic ring is 1. The molecular weight excluding hydrogens is 458 g/mol. The van der Waals surface area contributed by atoms with Crippen molar-refractivity contribution >= 4 is 17.3 Å². The van der Waals surface area contributed by atoms with Crippen molar-refractivity contribution in [2.45, 2.75) is 32.9 Å². The summed E-state index contributed by atoms with van der Waals surface area (Å²) in [5, 5.41) is 2.81. The number of H-pyrrole nitrogens is 1. The maximum Gasteiger partial charge on any atom is 0.287 e. The van der Waals surface area contributed by atoms with Crippen LogP contribution in [0.15, 0.2) is 62.9 Å². The van der Waals surface area contributed by atoms with Crippen molar-refractivity contribution in [2.75, 3.05) is 17.2 Å². The zero-order chi connectivity index (χ0) is 25.4. The minimum atomic E-state index is -0.623. The Bertz CT molecular complexity index is 1600. The van der Waals surface area contributed by atoms with E-state index in [0.717, 1.165) is 28.7 Å². The van der Waals surface area contributed by atoms with Crippen LogP contribution in [-0.2, 0) is 25.9 Å². The van der Waals surface area contributed by atoms with Crippen LogP contribution < -0.4 is 32.4 Å². The van der Waals surface area contributed by atoms with Gasteiger partial charge < -0.3 is 20.9 Å². The lowest BCUT2D eigenvalue weighted by atomic mass is 9.96. The first-order valence-corrected chi connectivity index (χ1v) is 11.7. The fourth-order valence-corrected chi connectivity index (χ4v) is 4.61. The van der Waals surface area contributed by atoms with E-state index >= 15 is 0 Å². The molecule has 0 fully saturated rings. The standard InChI is InChI=1S/C27H25N5O4/c1-15-20(12-16-5-3-2-4-6-16)26(35)31-25(30-15)27(36)29-13-17-7-8-18-9-10-32(14-19(18)11-17)22-21(28)23(33)24(22)34/h2-8,11H,9-10,12-14,28H2,1H3,(H,29,36)(H,30,31,35). The third-order valence-electron chi connectivity index (χ3n) is 6.63. The van der Waals surface area contributed by atoms with Gasteiger partial charge in [-0.05, 0) is 35.6 Å². The van der Waals surface area contributed by atoms with Gasteiger partial charge in [0, 0.05) is 37.3 Å². The van der Waals surface area contributed by atoms with Gasteiger partial charge >= 0.3 is 0 Å². The van der Waals surface area contributed by atoms with E-state index < -0.39 is 16.8 Å². The molecule has 0 bridgehead atoms. The number of benzene rings is 2. The Labute approximate surface area is 206 Å². The number of nitrogens with zero attached hydrogens (tertiary/aromatic N) is 2. The molecule has 0 saturated heterocycles. The van der Waals surface area contributed by atoms with Gasteiger partial charge in [0.05, 0.1) is 0 Å². The van der Waals surface area contributed by atoms with Crippen molar-refractivity contribution < 1.29 is 4.79 Å². The number of nitrogens with one attached hydrogen (secondary N) is 2. The van der Waals surface area contributed by atoms with Gasteiger partial charge in [-0.25, -0.2) is 4.98 Å². The molecule has 0 atom stereocenters. The van der Waals surface area contributed by atoms with E-state index in [4.69, 9.17) is 5.73 Å².